The van der Waals surface area contributed by atoms with Gasteiger partial charge in [-0.2, -0.15) is 0 Å². The lowest BCUT2D eigenvalue weighted by Gasteiger charge is -2.43. The fourth-order valence-electron chi connectivity index (χ4n) is 2.72. The summed E-state index contributed by atoms with van der Waals surface area (Å²) in [4.78, 5) is 14.1. The predicted octanol–water partition coefficient (Wildman–Crippen LogP) is 3.33. The fraction of sp³-hybridized carbons (Fsp3) is 0.588. The molecule has 0 radical (unpaired) electrons. The molecule has 116 valence electrons. The van der Waals surface area contributed by atoms with Crippen LogP contribution in [-0.2, 0) is 10.2 Å². The zero-order chi connectivity index (χ0) is 15.5. The number of halogens is 1. The molecule has 0 unspecified atom stereocenters. The molecule has 0 heterocycles. The molecule has 0 bridgehead atoms. The van der Waals surface area contributed by atoms with E-state index in [2.05, 4.69) is 58.2 Å². The van der Waals surface area contributed by atoms with Crippen molar-refractivity contribution in [2.75, 3.05) is 20.1 Å². The van der Waals surface area contributed by atoms with Crippen LogP contribution in [-0.4, -0.2) is 37.0 Å². The highest BCUT2D eigenvalue weighted by atomic mass is 79.9. The van der Waals surface area contributed by atoms with Crippen LogP contribution in [0, 0.1) is 0 Å². The molecule has 3 nitrogen and oxygen atoms in total. The topological polar surface area (TPSA) is 32.3 Å². The van der Waals surface area contributed by atoms with Gasteiger partial charge in [0.15, 0.2) is 0 Å². The predicted molar refractivity (Wildman–Crippen MR) is 90.4 cm³/mol. The van der Waals surface area contributed by atoms with Gasteiger partial charge in [0.25, 0.3) is 0 Å². The number of hydrogen-bond acceptors (Lipinski definition) is 2. The van der Waals surface area contributed by atoms with Gasteiger partial charge in [0, 0.05) is 22.5 Å². The van der Waals surface area contributed by atoms with E-state index in [1.165, 1.54) is 12.0 Å². The van der Waals surface area contributed by atoms with Crippen molar-refractivity contribution in [3.8, 4) is 0 Å². The lowest BCUT2D eigenvalue weighted by molar-refractivity contribution is -0.122. The average Bonchev–Trinajstić information content (AvgIpc) is 2.37. The van der Waals surface area contributed by atoms with E-state index in [1.807, 2.05) is 13.1 Å². The second-order valence-electron chi connectivity index (χ2n) is 6.43. The molecule has 0 saturated heterocycles. The molecular weight excluding hydrogens is 328 g/mol. The molecule has 2 rings (SSSR count). The van der Waals surface area contributed by atoms with E-state index in [1.54, 1.807) is 0 Å². The van der Waals surface area contributed by atoms with Crippen LogP contribution in [0.1, 0.15) is 38.7 Å². The van der Waals surface area contributed by atoms with Gasteiger partial charge in [-0.1, -0.05) is 34.5 Å². The van der Waals surface area contributed by atoms with Gasteiger partial charge in [-0.25, -0.2) is 0 Å². The Bertz CT molecular complexity index is 497. The molecule has 0 aromatic heterocycles. The summed E-state index contributed by atoms with van der Waals surface area (Å²) < 4.78 is 1.11. The van der Waals surface area contributed by atoms with Crippen molar-refractivity contribution in [1.29, 1.82) is 0 Å². The number of benzene rings is 1. The quantitative estimate of drug-likeness (QED) is 0.851. The van der Waals surface area contributed by atoms with Crippen molar-refractivity contribution >= 4 is 21.8 Å². The summed E-state index contributed by atoms with van der Waals surface area (Å²) in [6.07, 6.45) is 3.56. The van der Waals surface area contributed by atoms with E-state index in [0.717, 1.165) is 23.9 Å². The van der Waals surface area contributed by atoms with Gasteiger partial charge >= 0.3 is 0 Å². The van der Waals surface area contributed by atoms with Crippen molar-refractivity contribution in [1.82, 2.24) is 10.2 Å². The third-order valence-electron chi connectivity index (χ3n) is 4.65. The van der Waals surface area contributed by atoms with Gasteiger partial charge in [-0.05, 0) is 51.4 Å². The number of nitrogens with one attached hydrogen (secondary N) is 1. The van der Waals surface area contributed by atoms with Crippen LogP contribution in [0.5, 0.6) is 0 Å². The molecule has 1 aromatic rings. The maximum atomic E-state index is 12.1. The summed E-state index contributed by atoms with van der Waals surface area (Å²) >= 11 is 3.54. The molecule has 1 amide bonds. The second kappa shape index (κ2) is 6.93. The van der Waals surface area contributed by atoms with E-state index >= 15 is 0 Å². The van der Waals surface area contributed by atoms with Crippen LogP contribution >= 0.6 is 15.9 Å². The fourth-order valence-corrected chi connectivity index (χ4v) is 3.12. The number of carbonyl (C=O) groups excluding carboxylic acids is 1. The van der Waals surface area contributed by atoms with Crippen molar-refractivity contribution in [3.63, 3.8) is 0 Å². The second-order valence-corrected chi connectivity index (χ2v) is 7.35. The van der Waals surface area contributed by atoms with Gasteiger partial charge in [0.1, 0.15) is 0 Å². The highest BCUT2D eigenvalue weighted by molar-refractivity contribution is 9.10. The Morgan fingerprint density at radius 1 is 1.43 bits per heavy atom. The molecule has 0 aliphatic heterocycles. The van der Waals surface area contributed by atoms with Crippen LogP contribution in [0.4, 0.5) is 0 Å². The Kier molecular flexibility index (Phi) is 5.44. The summed E-state index contributed by atoms with van der Waals surface area (Å²) in [5.74, 6) is 0.118. The van der Waals surface area contributed by atoms with Crippen molar-refractivity contribution < 1.29 is 4.79 Å². The zero-order valence-electron chi connectivity index (χ0n) is 13.2. The number of carbonyl (C=O) groups is 1. The summed E-state index contributed by atoms with van der Waals surface area (Å²) in [7, 11) is 1.98. The van der Waals surface area contributed by atoms with Gasteiger partial charge in [-0.3, -0.25) is 9.69 Å². The molecule has 1 fully saturated rings. The lowest BCUT2D eigenvalue weighted by atomic mass is 9.64. The third kappa shape index (κ3) is 4.07. The minimum atomic E-state index is 0.118. The largest absolute Gasteiger partial charge is 0.354 e. The van der Waals surface area contributed by atoms with Crippen molar-refractivity contribution in [2.45, 2.75) is 44.6 Å². The van der Waals surface area contributed by atoms with Gasteiger partial charge < -0.3 is 5.32 Å². The first-order chi connectivity index (χ1) is 9.93. The molecule has 1 saturated carbocycles. The number of rotatable bonds is 6. The Labute approximate surface area is 136 Å². The molecule has 1 aliphatic rings. The average molecular weight is 353 g/mol. The van der Waals surface area contributed by atoms with Crippen LogP contribution < -0.4 is 5.32 Å². The monoisotopic (exact) mass is 352 g/mol. The number of hydrogen-bond donors (Lipinski definition) is 1. The summed E-state index contributed by atoms with van der Waals surface area (Å²) in [5.41, 5.74) is 1.47. The van der Waals surface area contributed by atoms with Crippen LogP contribution in [0.3, 0.4) is 0 Å². The van der Waals surface area contributed by atoms with E-state index in [-0.39, 0.29) is 11.3 Å². The first-order valence-corrected chi connectivity index (χ1v) is 8.45. The van der Waals surface area contributed by atoms with E-state index in [4.69, 9.17) is 0 Å². The SMILES string of the molecule is CC(C)N(C)CC(=O)NCC1(c2cccc(Br)c2)CCC1. The van der Waals surface area contributed by atoms with Gasteiger partial charge in [-0.15, -0.1) is 0 Å². The third-order valence-corrected chi connectivity index (χ3v) is 5.14. The zero-order valence-corrected chi connectivity index (χ0v) is 14.7. The molecule has 4 heteroatoms. The van der Waals surface area contributed by atoms with E-state index in [0.29, 0.717) is 12.6 Å². The number of likely N-dealkylation sites (N-methyl/N-ethyl adjacent to an activating group) is 1. The van der Waals surface area contributed by atoms with Crippen molar-refractivity contribution in [3.05, 3.63) is 34.3 Å². The standard InChI is InChI=1S/C17H25BrN2O/c1-13(2)20(3)11-16(21)19-12-17(8-5-9-17)14-6-4-7-15(18)10-14/h4,6-7,10,13H,5,8-9,11-12H2,1-3H3,(H,19,21). The molecule has 1 aromatic carbocycles. The Morgan fingerprint density at radius 3 is 2.67 bits per heavy atom. The van der Waals surface area contributed by atoms with Gasteiger partial charge in [0.2, 0.25) is 5.91 Å². The summed E-state index contributed by atoms with van der Waals surface area (Å²) in [6, 6.07) is 8.88. The maximum absolute atomic E-state index is 12.1. The van der Waals surface area contributed by atoms with Gasteiger partial charge in [0.05, 0.1) is 6.54 Å². The maximum Gasteiger partial charge on any atom is 0.234 e. The molecule has 1 N–H and O–H groups in total. The first kappa shape index (κ1) is 16.5. The highest BCUT2D eigenvalue weighted by Crippen LogP contribution is 2.43. The van der Waals surface area contributed by atoms with Crippen LogP contribution in [0.25, 0.3) is 0 Å². The number of nitrogens with zero attached hydrogens (tertiary/aromatic N) is 1. The minimum absolute atomic E-state index is 0.118. The first-order valence-electron chi connectivity index (χ1n) is 7.66. The van der Waals surface area contributed by atoms with E-state index < -0.39 is 0 Å². The smallest absolute Gasteiger partial charge is 0.234 e. The summed E-state index contributed by atoms with van der Waals surface area (Å²) in [5, 5.41) is 3.13. The molecular formula is C17H25BrN2O. The van der Waals surface area contributed by atoms with Crippen LogP contribution in [0.15, 0.2) is 28.7 Å². The Balaban J connectivity index is 1.95. The minimum Gasteiger partial charge on any atom is -0.354 e. The van der Waals surface area contributed by atoms with Crippen molar-refractivity contribution in [2.24, 2.45) is 0 Å². The Hall–Kier alpha value is -0.870. The van der Waals surface area contributed by atoms with E-state index in [9.17, 15) is 4.79 Å². The molecule has 21 heavy (non-hydrogen) atoms. The molecule has 0 spiro atoms. The molecule has 0 atom stereocenters. The summed E-state index contributed by atoms with van der Waals surface area (Å²) in [6.45, 7) is 5.41. The Morgan fingerprint density at radius 2 is 2.14 bits per heavy atom. The highest BCUT2D eigenvalue weighted by Gasteiger charge is 2.38. The normalized spacial score (nSPS) is 16.9. The molecule has 1 aliphatic carbocycles. The van der Waals surface area contributed by atoms with Crippen LogP contribution in [0.2, 0.25) is 0 Å². The number of amides is 1. The lowest BCUT2D eigenvalue weighted by Crippen LogP contribution is -2.48.